The van der Waals surface area contributed by atoms with Crippen LogP contribution in [-0.4, -0.2) is 10.7 Å². The number of hydrogen-bond acceptors (Lipinski definition) is 2. The zero-order chi connectivity index (χ0) is 8.60. The van der Waals surface area contributed by atoms with Crippen molar-refractivity contribution in [3.8, 4) is 6.07 Å². The van der Waals surface area contributed by atoms with Crippen molar-refractivity contribution in [2.24, 2.45) is 11.8 Å². The molecule has 0 saturated heterocycles. The van der Waals surface area contributed by atoms with Gasteiger partial charge in [-0.15, -0.1) is 0 Å². The lowest BCUT2D eigenvalue weighted by molar-refractivity contribution is 0.0300. The molecule has 2 nitrogen and oxygen atoms in total. The van der Waals surface area contributed by atoms with E-state index in [4.69, 9.17) is 5.26 Å². The van der Waals surface area contributed by atoms with Gasteiger partial charge in [-0.2, -0.15) is 5.26 Å². The number of nitrogens with zero attached hydrogens (tertiary/aromatic N) is 1. The highest BCUT2D eigenvalue weighted by Gasteiger charge is 2.40. The molecule has 2 unspecified atom stereocenters. The van der Waals surface area contributed by atoms with Gasteiger partial charge in [0.1, 0.15) is 0 Å². The average molecular weight is 165 g/mol. The summed E-state index contributed by atoms with van der Waals surface area (Å²) in [5.74, 6) is 1.48. The van der Waals surface area contributed by atoms with Gasteiger partial charge in [0.2, 0.25) is 0 Å². The molecule has 2 aliphatic carbocycles. The summed E-state index contributed by atoms with van der Waals surface area (Å²) in [4.78, 5) is 0. The van der Waals surface area contributed by atoms with E-state index in [9.17, 15) is 5.11 Å². The molecule has 12 heavy (non-hydrogen) atoms. The predicted molar refractivity (Wildman–Crippen MR) is 45.2 cm³/mol. The van der Waals surface area contributed by atoms with Crippen molar-refractivity contribution >= 4 is 0 Å². The summed E-state index contributed by atoms with van der Waals surface area (Å²) in [5, 5.41) is 18.5. The van der Waals surface area contributed by atoms with Crippen LogP contribution in [0.4, 0.5) is 0 Å². The first kappa shape index (κ1) is 8.07. The van der Waals surface area contributed by atoms with Gasteiger partial charge in [-0.05, 0) is 50.4 Å². The lowest BCUT2D eigenvalue weighted by atomic mass is 9.77. The van der Waals surface area contributed by atoms with Crippen molar-refractivity contribution in [3.05, 3.63) is 0 Å². The minimum Gasteiger partial charge on any atom is -0.375 e. The molecular weight excluding hydrogens is 150 g/mol. The number of rotatable bonds is 1. The van der Waals surface area contributed by atoms with E-state index in [1.165, 1.54) is 19.3 Å². The van der Waals surface area contributed by atoms with E-state index < -0.39 is 5.60 Å². The zero-order valence-electron chi connectivity index (χ0n) is 7.29. The first-order valence-electron chi connectivity index (χ1n) is 4.87. The Hall–Kier alpha value is -0.550. The minimum absolute atomic E-state index is 0.642. The van der Waals surface area contributed by atoms with E-state index in [0.717, 1.165) is 18.8 Å². The lowest BCUT2D eigenvalue weighted by Crippen LogP contribution is -2.34. The van der Waals surface area contributed by atoms with Gasteiger partial charge in [-0.1, -0.05) is 0 Å². The summed E-state index contributed by atoms with van der Waals surface area (Å²) in [6.07, 6.45) is 6.33. The molecule has 2 saturated carbocycles. The van der Waals surface area contributed by atoms with Crippen LogP contribution >= 0.6 is 0 Å². The molecule has 1 N–H and O–H groups in total. The van der Waals surface area contributed by atoms with E-state index >= 15 is 0 Å². The second-order valence-electron chi connectivity index (χ2n) is 4.34. The molecule has 2 rings (SSSR count). The van der Waals surface area contributed by atoms with Gasteiger partial charge < -0.3 is 5.11 Å². The Kier molecular flexibility index (Phi) is 1.84. The van der Waals surface area contributed by atoms with Crippen molar-refractivity contribution in [1.82, 2.24) is 0 Å². The molecule has 0 aromatic rings. The van der Waals surface area contributed by atoms with Gasteiger partial charge in [-0.3, -0.25) is 0 Å². The number of hydrogen-bond donors (Lipinski definition) is 1. The summed E-state index contributed by atoms with van der Waals surface area (Å²) in [6, 6.07) is 2.05. The smallest absolute Gasteiger partial charge is 0.151 e. The minimum atomic E-state index is -0.981. The lowest BCUT2D eigenvalue weighted by Gasteiger charge is -2.31. The molecule has 2 atom stereocenters. The SMILES string of the molecule is N#CC1(O)CCCC(C2CC2)C1. The van der Waals surface area contributed by atoms with Crippen molar-refractivity contribution in [2.75, 3.05) is 0 Å². The molecule has 2 aliphatic rings. The van der Waals surface area contributed by atoms with Crippen LogP contribution in [0.1, 0.15) is 38.5 Å². The Morgan fingerprint density at radius 1 is 1.25 bits per heavy atom. The quantitative estimate of drug-likeness (QED) is 0.602. The highest BCUT2D eigenvalue weighted by molar-refractivity contribution is 5.05. The van der Waals surface area contributed by atoms with Crippen LogP contribution in [-0.2, 0) is 0 Å². The molecule has 2 fully saturated rings. The van der Waals surface area contributed by atoms with Gasteiger partial charge in [0.15, 0.2) is 5.60 Å². The largest absolute Gasteiger partial charge is 0.375 e. The first-order valence-corrected chi connectivity index (χ1v) is 4.87. The fourth-order valence-corrected chi connectivity index (χ4v) is 2.37. The molecule has 0 amide bonds. The summed E-state index contributed by atoms with van der Waals surface area (Å²) in [5.41, 5.74) is -0.981. The summed E-state index contributed by atoms with van der Waals surface area (Å²) in [6.45, 7) is 0. The molecule has 0 spiro atoms. The molecule has 0 aromatic heterocycles. The normalized spacial score (nSPS) is 42.2. The number of nitriles is 1. The topological polar surface area (TPSA) is 44.0 Å². The van der Waals surface area contributed by atoms with Crippen LogP contribution in [0.2, 0.25) is 0 Å². The standard InChI is InChI=1S/C10H15NO/c11-7-10(12)5-1-2-9(6-10)8-3-4-8/h8-9,12H,1-6H2. The van der Waals surface area contributed by atoms with Crippen molar-refractivity contribution in [1.29, 1.82) is 5.26 Å². The monoisotopic (exact) mass is 165 g/mol. The number of aliphatic hydroxyl groups is 1. The van der Waals surface area contributed by atoms with E-state index in [1.54, 1.807) is 0 Å². The Bertz CT molecular complexity index is 216. The zero-order valence-corrected chi connectivity index (χ0v) is 7.29. The van der Waals surface area contributed by atoms with Crippen LogP contribution in [0.3, 0.4) is 0 Å². The molecule has 0 heterocycles. The molecular formula is C10H15NO. The van der Waals surface area contributed by atoms with E-state index in [2.05, 4.69) is 0 Å². The van der Waals surface area contributed by atoms with Gasteiger partial charge in [0, 0.05) is 0 Å². The van der Waals surface area contributed by atoms with E-state index in [0.29, 0.717) is 12.3 Å². The van der Waals surface area contributed by atoms with E-state index in [1.807, 2.05) is 6.07 Å². The average Bonchev–Trinajstić information content (AvgIpc) is 2.87. The highest BCUT2D eigenvalue weighted by atomic mass is 16.3. The van der Waals surface area contributed by atoms with Crippen LogP contribution < -0.4 is 0 Å². The predicted octanol–water partition coefficient (Wildman–Crippen LogP) is 1.84. The molecule has 0 aromatic carbocycles. The molecule has 2 heteroatoms. The van der Waals surface area contributed by atoms with Crippen LogP contribution in [0.25, 0.3) is 0 Å². The van der Waals surface area contributed by atoms with Crippen molar-refractivity contribution in [3.63, 3.8) is 0 Å². The van der Waals surface area contributed by atoms with Crippen molar-refractivity contribution < 1.29 is 5.11 Å². The Morgan fingerprint density at radius 2 is 2.00 bits per heavy atom. The third-order valence-corrected chi connectivity index (χ3v) is 3.26. The fourth-order valence-electron chi connectivity index (χ4n) is 2.37. The van der Waals surface area contributed by atoms with Gasteiger partial charge in [0.05, 0.1) is 6.07 Å². The van der Waals surface area contributed by atoms with Crippen LogP contribution in [0.15, 0.2) is 0 Å². The highest BCUT2D eigenvalue weighted by Crippen LogP contribution is 2.46. The van der Waals surface area contributed by atoms with Gasteiger partial charge in [0.25, 0.3) is 0 Å². The third-order valence-electron chi connectivity index (χ3n) is 3.26. The summed E-state index contributed by atoms with van der Waals surface area (Å²) >= 11 is 0. The Balaban J connectivity index is 1.98. The van der Waals surface area contributed by atoms with Gasteiger partial charge in [-0.25, -0.2) is 0 Å². The molecule has 66 valence electrons. The van der Waals surface area contributed by atoms with Gasteiger partial charge >= 0.3 is 0 Å². The molecule has 0 radical (unpaired) electrons. The summed E-state index contributed by atoms with van der Waals surface area (Å²) in [7, 11) is 0. The maximum atomic E-state index is 9.77. The van der Waals surface area contributed by atoms with Crippen molar-refractivity contribution in [2.45, 2.75) is 44.1 Å². The maximum Gasteiger partial charge on any atom is 0.151 e. The Morgan fingerprint density at radius 3 is 2.58 bits per heavy atom. The summed E-state index contributed by atoms with van der Waals surface area (Å²) < 4.78 is 0. The van der Waals surface area contributed by atoms with Crippen LogP contribution in [0, 0.1) is 23.2 Å². The fraction of sp³-hybridized carbons (Fsp3) is 0.900. The van der Waals surface area contributed by atoms with E-state index in [-0.39, 0.29) is 0 Å². The molecule has 0 bridgehead atoms. The van der Waals surface area contributed by atoms with Crippen LogP contribution in [0.5, 0.6) is 0 Å². The first-order chi connectivity index (χ1) is 5.73. The maximum absolute atomic E-state index is 9.77. The Labute approximate surface area is 73.2 Å². The second kappa shape index (κ2) is 2.74. The molecule has 0 aliphatic heterocycles. The second-order valence-corrected chi connectivity index (χ2v) is 4.34. The third kappa shape index (κ3) is 1.47.